The average molecular weight is 345 g/mol. The lowest BCUT2D eigenvalue weighted by Crippen LogP contribution is -2.44. The molecule has 0 spiro atoms. The SMILES string of the molecule is Cc1cc(S(=O)(=O)NC2CC(Cl)C2)sc1Br. The van der Waals surface area contributed by atoms with Crippen LogP contribution in [0, 0.1) is 6.92 Å². The van der Waals surface area contributed by atoms with Crippen LogP contribution in [0.1, 0.15) is 18.4 Å². The summed E-state index contributed by atoms with van der Waals surface area (Å²) in [5, 5.41) is 0.115. The topological polar surface area (TPSA) is 46.2 Å². The standard InChI is InChI=1S/C9H11BrClNO2S2/c1-5-2-8(15-9(5)10)16(13,14)12-7-3-6(11)4-7/h2,6-7,12H,3-4H2,1H3. The third-order valence-corrected chi connectivity index (χ3v) is 6.99. The van der Waals surface area contributed by atoms with E-state index < -0.39 is 10.0 Å². The number of aryl methyl sites for hydroxylation is 1. The van der Waals surface area contributed by atoms with Crippen LogP contribution in [0.4, 0.5) is 0 Å². The predicted molar refractivity (Wildman–Crippen MR) is 69.7 cm³/mol. The van der Waals surface area contributed by atoms with Gasteiger partial charge in [-0.2, -0.15) is 0 Å². The molecule has 1 aliphatic rings. The van der Waals surface area contributed by atoms with Crippen molar-refractivity contribution in [2.75, 3.05) is 0 Å². The first-order chi connectivity index (χ1) is 7.38. The van der Waals surface area contributed by atoms with Crippen molar-refractivity contribution in [3.05, 3.63) is 15.4 Å². The first kappa shape index (κ1) is 12.8. The second-order valence-electron chi connectivity index (χ2n) is 3.91. The molecular weight excluding hydrogens is 334 g/mol. The summed E-state index contributed by atoms with van der Waals surface area (Å²) in [6, 6.07) is 1.67. The van der Waals surface area contributed by atoms with Gasteiger partial charge in [0, 0.05) is 11.4 Å². The highest BCUT2D eigenvalue weighted by atomic mass is 79.9. The molecule has 1 saturated carbocycles. The molecular formula is C9H11BrClNO2S2. The van der Waals surface area contributed by atoms with Crippen molar-refractivity contribution in [1.82, 2.24) is 4.72 Å². The fourth-order valence-corrected chi connectivity index (χ4v) is 5.42. The normalized spacial score (nSPS) is 25.4. The summed E-state index contributed by atoms with van der Waals surface area (Å²) >= 11 is 10.4. The van der Waals surface area contributed by atoms with E-state index in [1.165, 1.54) is 11.3 Å². The Morgan fingerprint density at radius 3 is 2.62 bits per heavy atom. The molecule has 1 aromatic rings. The van der Waals surface area contributed by atoms with Gasteiger partial charge in [-0.15, -0.1) is 22.9 Å². The van der Waals surface area contributed by atoms with Crippen LogP contribution < -0.4 is 4.72 Å². The summed E-state index contributed by atoms with van der Waals surface area (Å²) in [5.41, 5.74) is 0.939. The van der Waals surface area contributed by atoms with Crippen LogP contribution in [0.5, 0.6) is 0 Å². The van der Waals surface area contributed by atoms with Crippen LogP contribution in [0.15, 0.2) is 14.1 Å². The van der Waals surface area contributed by atoms with Gasteiger partial charge in [-0.1, -0.05) is 0 Å². The van der Waals surface area contributed by atoms with Crippen LogP contribution in [-0.2, 0) is 10.0 Å². The fraction of sp³-hybridized carbons (Fsp3) is 0.556. The minimum absolute atomic E-state index is 0.00585. The molecule has 16 heavy (non-hydrogen) atoms. The summed E-state index contributed by atoms with van der Waals surface area (Å²) in [6.45, 7) is 1.87. The predicted octanol–water partition coefficient (Wildman–Crippen LogP) is 2.87. The van der Waals surface area contributed by atoms with E-state index in [0.29, 0.717) is 17.1 Å². The van der Waals surface area contributed by atoms with Crippen molar-refractivity contribution in [1.29, 1.82) is 0 Å². The van der Waals surface area contributed by atoms with Crippen molar-refractivity contribution >= 4 is 48.9 Å². The quantitative estimate of drug-likeness (QED) is 0.857. The van der Waals surface area contributed by atoms with Crippen molar-refractivity contribution in [2.45, 2.75) is 35.4 Å². The van der Waals surface area contributed by atoms with Crippen molar-refractivity contribution < 1.29 is 8.42 Å². The smallest absolute Gasteiger partial charge is 0.207 e. The van der Waals surface area contributed by atoms with Gasteiger partial charge in [0.25, 0.3) is 0 Å². The van der Waals surface area contributed by atoms with E-state index in [-0.39, 0.29) is 11.4 Å². The van der Waals surface area contributed by atoms with Gasteiger partial charge in [-0.05, 0) is 47.3 Å². The third kappa shape index (κ3) is 2.61. The molecule has 0 unspecified atom stereocenters. The summed E-state index contributed by atoms with van der Waals surface area (Å²) in [4.78, 5) is 0. The van der Waals surface area contributed by atoms with E-state index in [9.17, 15) is 8.42 Å². The maximum atomic E-state index is 11.9. The first-order valence-corrected chi connectivity index (χ1v) is 8.34. The Balaban J connectivity index is 2.13. The van der Waals surface area contributed by atoms with E-state index in [1.807, 2.05) is 6.92 Å². The zero-order valence-electron chi connectivity index (χ0n) is 8.54. The zero-order chi connectivity index (χ0) is 11.9. The van der Waals surface area contributed by atoms with Gasteiger partial charge in [-0.25, -0.2) is 13.1 Å². The number of thiophene rings is 1. The molecule has 1 aliphatic carbocycles. The number of nitrogens with one attached hydrogen (secondary N) is 1. The van der Waals surface area contributed by atoms with E-state index >= 15 is 0 Å². The highest BCUT2D eigenvalue weighted by molar-refractivity contribution is 9.11. The lowest BCUT2D eigenvalue weighted by atomic mass is 9.94. The van der Waals surface area contributed by atoms with Crippen LogP contribution in [0.3, 0.4) is 0 Å². The Morgan fingerprint density at radius 1 is 1.56 bits per heavy atom. The van der Waals surface area contributed by atoms with Gasteiger partial charge in [0.05, 0.1) is 3.79 Å². The Hall–Kier alpha value is 0.380. The highest BCUT2D eigenvalue weighted by Crippen LogP contribution is 2.32. The highest BCUT2D eigenvalue weighted by Gasteiger charge is 2.32. The van der Waals surface area contributed by atoms with E-state index in [0.717, 1.165) is 9.35 Å². The van der Waals surface area contributed by atoms with Gasteiger partial charge < -0.3 is 0 Å². The number of sulfonamides is 1. The Labute approximate surface area is 112 Å². The molecule has 3 nitrogen and oxygen atoms in total. The number of alkyl halides is 1. The molecule has 0 radical (unpaired) electrons. The second-order valence-corrected chi connectivity index (χ2v) is 8.84. The van der Waals surface area contributed by atoms with Crippen LogP contribution in [0.2, 0.25) is 0 Å². The maximum Gasteiger partial charge on any atom is 0.250 e. The zero-order valence-corrected chi connectivity index (χ0v) is 12.5. The van der Waals surface area contributed by atoms with Gasteiger partial charge in [0.2, 0.25) is 10.0 Å². The van der Waals surface area contributed by atoms with Crippen molar-refractivity contribution in [3.63, 3.8) is 0 Å². The fourth-order valence-electron chi connectivity index (χ4n) is 1.49. The lowest BCUT2D eigenvalue weighted by Gasteiger charge is -2.30. The summed E-state index contributed by atoms with van der Waals surface area (Å²) in [7, 11) is -3.37. The number of rotatable bonds is 3. The maximum absolute atomic E-state index is 11.9. The molecule has 0 aliphatic heterocycles. The molecule has 0 amide bonds. The summed E-state index contributed by atoms with van der Waals surface area (Å²) in [6.07, 6.45) is 1.43. The Morgan fingerprint density at radius 2 is 2.19 bits per heavy atom. The molecule has 0 atom stereocenters. The largest absolute Gasteiger partial charge is 0.250 e. The molecule has 1 aromatic heterocycles. The van der Waals surface area contributed by atoms with Gasteiger partial charge in [-0.3, -0.25) is 0 Å². The second kappa shape index (κ2) is 4.57. The number of hydrogen-bond acceptors (Lipinski definition) is 3. The van der Waals surface area contributed by atoms with Gasteiger partial charge in [0.15, 0.2) is 0 Å². The molecule has 1 fully saturated rings. The molecule has 0 saturated heterocycles. The average Bonchev–Trinajstić information content (AvgIpc) is 2.45. The Kier molecular flexibility index (Phi) is 3.66. The van der Waals surface area contributed by atoms with E-state index in [2.05, 4.69) is 20.7 Å². The monoisotopic (exact) mass is 343 g/mol. The number of hydrogen-bond donors (Lipinski definition) is 1. The van der Waals surface area contributed by atoms with Crippen LogP contribution >= 0.6 is 38.9 Å². The van der Waals surface area contributed by atoms with Gasteiger partial charge in [0.1, 0.15) is 4.21 Å². The van der Waals surface area contributed by atoms with Crippen LogP contribution in [-0.4, -0.2) is 19.8 Å². The molecule has 1 N–H and O–H groups in total. The molecule has 2 rings (SSSR count). The summed E-state index contributed by atoms with van der Waals surface area (Å²) < 4.78 is 27.8. The molecule has 0 bridgehead atoms. The van der Waals surface area contributed by atoms with Crippen molar-refractivity contribution in [3.8, 4) is 0 Å². The van der Waals surface area contributed by atoms with Gasteiger partial charge >= 0.3 is 0 Å². The van der Waals surface area contributed by atoms with Crippen LogP contribution in [0.25, 0.3) is 0 Å². The third-order valence-electron chi connectivity index (χ3n) is 2.50. The molecule has 1 heterocycles. The minimum Gasteiger partial charge on any atom is -0.207 e. The van der Waals surface area contributed by atoms with E-state index in [1.54, 1.807) is 6.07 Å². The summed E-state index contributed by atoms with van der Waals surface area (Å²) in [5.74, 6) is 0. The molecule has 7 heteroatoms. The van der Waals surface area contributed by atoms with Crippen molar-refractivity contribution in [2.24, 2.45) is 0 Å². The number of halogens is 2. The lowest BCUT2D eigenvalue weighted by molar-refractivity contribution is 0.391. The Bertz CT molecular complexity index is 474. The minimum atomic E-state index is -3.37. The molecule has 0 aromatic carbocycles. The van der Waals surface area contributed by atoms with E-state index in [4.69, 9.17) is 11.6 Å². The first-order valence-electron chi connectivity index (χ1n) is 4.81. The molecule has 90 valence electrons.